The van der Waals surface area contributed by atoms with E-state index in [0.717, 1.165) is 4.80 Å². The van der Waals surface area contributed by atoms with E-state index < -0.39 is 11.9 Å². The molecule has 0 aliphatic rings. The molecule has 1 aromatic carbocycles. The van der Waals surface area contributed by atoms with Gasteiger partial charge in [0.05, 0.1) is 17.1 Å². The van der Waals surface area contributed by atoms with E-state index >= 15 is 0 Å². The van der Waals surface area contributed by atoms with Crippen LogP contribution >= 0.6 is 0 Å². The van der Waals surface area contributed by atoms with Crippen LogP contribution in [0.25, 0.3) is 11.4 Å². The molecule has 0 aliphatic heterocycles. The van der Waals surface area contributed by atoms with E-state index in [-0.39, 0.29) is 24.7 Å². The summed E-state index contributed by atoms with van der Waals surface area (Å²) in [6.45, 7) is 2.84. The fraction of sp³-hybridized carbons (Fsp3) is 0.250. The van der Waals surface area contributed by atoms with E-state index in [2.05, 4.69) is 25.8 Å². The lowest BCUT2D eigenvalue weighted by molar-refractivity contribution is -0.137. The first-order chi connectivity index (χ1) is 12.8. The molecule has 140 valence electrons. The number of aryl methyl sites for hydroxylation is 1. The molecule has 0 fully saturated rings. The zero-order valence-corrected chi connectivity index (χ0v) is 14.5. The minimum absolute atomic E-state index is 0.197. The highest BCUT2D eigenvalue weighted by Crippen LogP contribution is 2.19. The number of benzene rings is 1. The van der Waals surface area contributed by atoms with Crippen LogP contribution in [-0.4, -0.2) is 47.0 Å². The number of carboxylic acid groups (broad SMARTS) is 1. The third-order valence-electron chi connectivity index (χ3n) is 3.77. The normalized spacial score (nSPS) is 10.8. The number of aliphatic carboxylic acids is 1. The minimum atomic E-state index is -1.03. The van der Waals surface area contributed by atoms with Crippen molar-refractivity contribution in [3.8, 4) is 11.4 Å². The monoisotopic (exact) mass is 373 g/mol. The highest BCUT2D eigenvalue weighted by molar-refractivity contribution is 5.91. The maximum absolute atomic E-state index is 13.0. The molecule has 3 aromatic rings. The maximum Gasteiger partial charge on any atom is 0.325 e. The van der Waals surface area contributed by atoms with Crippen molar-refractivity contribution < 1.29 is 19.1 Å². The van der Waals surface area contributed by atoms with Crippen molar-refractivity contribution in [2.45, 2.75) is 26.9 Å². The number of nitrogens with one attached hydrogen (secondary N) is 1. The van der Waals surface area contributed by atoms with E-state index in [1.165, 1.54) is 28.9 Å². The molecule has 27 heavy (non-hydrogen) atoms. The summed E-state index contributed by atoms with van der Waals surface area (Å²) in [4.78, 5) is 24.2. The lowest BCUT2D eigenvalue weighted by atomic mass is 10.2. The number of nitrogens with zero attached hydrogens (tertiary/aromatic N) is 6. The SMILES string of the molecule is Cc1nn(CC(=O)O)c(C)c1NC(=O)Cn1nnc(-c2ccc(F)cc2)n1. The topological polar surface area (TPSA) is 128 Å². The van der Waals surface area contributed by atoms with Crippen LogP contribution in [0.1, 0.15) is 11.4 Å². The number of tetrazole rings is 1. The Hall–Kier alpha value is -3.63. The molecule has 0 atom stereocenters. The van der Waals surface area contributed by atoms with Gasteiger partial charge < -0.3 is 10.4 Å². The molecular weight excluding hydrogens is 357 g/mol. The zero-order valence-electron chi connectivity index (χ0n) is 14.5. The van der Waals surface area contributed by atoms with Crippen LogP contribution in [-0.2, 0) is 22.7 Å². The Morgan fingerprint density at radius 1 is 1.15 bits per heavy atom. The van der Waals surface area contributed by atoms with E-state index in [1.54, 1.807) is 13.8 Å². The van der Waals surface area contributed by atoms with Crippen LogP contribution in [0.4, 0.5) is 10.1 Å². The minimum Gasteiger partial charge on any atom is -0.480 e. The molecule has 0 unspecified atom stereocenters. The Kier molecular flexibility index (Phi) is 4.92. The number of hydrogen-bond acceptors (Lipinski definition) is 6. The van der Waals surface area contributed by atoms with Gasteiger partial charge in [-0.15, -0.1) is 10.2 Å². The Bertz CT molecular complexity index is 994. The third-order valence-corrected chi connectivity index (χ3v) is 3.77. The second-order valence-corrected chi connectivity index (χ2v) is 5.80. The van der Waals surface area contributed by atoms with Gasteiger partial charge in [-0.05, 0) is 43.3 Å². The molecule has 0 spiro atoms. The van der Waals surface area contributed by atoms with E-state index in [0.29, 0.717) is 22.6 Å². The quantitative estimate of drug-likeness (QED) is 0.660. The fourth-order valence-corrected chi connectivity index (χ4v) is 2.49. The average Bonchev–Trinajstić information content (AvgIpc) is 3.15. The van der Waals surface area contributed by atoms with Gasteiger partial charge in [0, 0.05) is 5.56 Å². The highest BCUT2D eigenvalue weighted by atomic mass is 19.1. The summed E-state index contributed by atoms with van der Waals surface area (Å²) in [6.07, 6.45) is 0. The van der Waals surface area contributed by atoms with Crippen molar-refractivity contribution in [1.82, 2.24) is 30.0 Å². The Labute approximate surface area is 152 Å². The molecule has 1 amide bonds. The molecule has 2 N–H and O–H groups in total. The summed E-state index contributed by atoms with van der Waals surface area (Å²) in [5, 5.41) is 27.4. The van der Waals surface area contributed by atoms with Gasteiger partial charge in [-0.3, -0.25) is 14.3 Å². The van der Waals surface area contributed by atoms with E-state index in [9.17, 15) is 14.0 Å². The number of amides is 1. The van der Waals surface area contributed by atoms with Gasteiger partial charge in [0.2, 0.25) is 11.7 Å². The number of carboxylic acids is 1. The summed E-state index contributed by atoms with van der Waals surface area (Å²) in [6, 6.07) is 5.59. The molecule has 2 aromatic heterocycles. The van der Waals surface area contributed by atoms with Gasteiger partial charge in [-0.25, -0.2) is 4.39 Å². The third kappa shape index (κ3) is 4.14. The van der Waals surface area contributed by atoms with Crippen LogP contribution in [0.2, 0.25) is 0 Å². The largest absolute Gasteiger partial charge is 0.480 e. The number of hydrogen-bond donors (Lipinski definition) is 2. The first-order valence-electron chi connectivity index (χ1n) is 7.93. The fourth-order valence-electron chi connectivity index (χ4n) is 2.49. The number of rotatable bonds is 6. The summed E-state index contributed by atoms with van der Waals surface area (Å²) >= 11 is 0. The second-order valence-electron chi connectivity index (χ2n) is 5.80. The summed E-state index contributed by atoms with van der Waals surface area (Å²) < 4.78 is 14.3. The summed E-state index contributed by atoms with van der Waals surface area (Å²) in [5.41, 5.74) is 2.05. The van der Waals surface area contributed by atoms with Crippen molar-refractivity contribution in [3.63, 3.8) is 0 Å². The molecule has 0 radical (unpaired) electrons. The Balaban J connectivity index is 1.69. The zero-order chi connectivity index (χ0) is 19.6. The van der Waals surface area contributed by atoms with Crippen molar-refractivity contribution in [1.29, 1.82) is 0 Å². The van der Waals surface area contributed by atoms with Gasteiger partial charge in [-0.2, -0.15) is 9.90 Å². The number of anilines is 1. The number of carbonyl (C=O) groups is 2. The van der Waals surface area contributed by atoms with Gasteiger partial charge >= 0.3 is 5.97 Å². The van der Waals surface area contributed by atoms with Gasteiger partial charge in [0.25, 0.3) is 0 Å². The predicted molar refractivity (Wildman–Crippen MR) is 91.2 cm³/mol. The maximum atomic E-state index is 13.0. The van der Waals surface area contributed by atoms with Gasteiger partial charge in [0.1, 0.15) is 18.9 Å². The first-order valence-corrected chi connectivity index (χ1v) is 7.93. The number of carbonyl (C=O) groups excluding carboxylic acids is 1. The molecule has 0 saturated heterocycles. The van der Waals surface area contributed by atoms with Crippen molar-refractivity contribution >= 4 is 17.6 Å². The van der Waals surface area contributed by atoms with Gasteiger partial charge in [0.15, 0.2) is 0 Å². The van der Waals surface area contributed by atoms with Crippen LogP contribution in [0.15, 0.2) is 24.3 Å². The van der Waals surface area contributed by atoms with Gasteiger partial charge in [-0.1, -0.05) is 0 Å². The highest BCUT2D eigenvalue weighted by Gasteiger charge is 2.17. The molecule has 0 saturated carbocycles. The van der Waals surface area contributed by atoms with E-state index in [4.69, 9.17) is 5.11 Å². The summed E-state index contributed by atoms with van der Waals surface area (Å²) in [5.74, 6) is -1.55. The molecular formula is C16H16FN7O3. The second kappa shape index (κ2) is 7.32. The first kappa shape index (κ1) is 18.2. The predicted octanol–water partition coefficient (Wildman–Crippen LogP) is 1.02. The van der Waals surface area contributed by atoms with Crippen LogP contribution < -0.4 is 5.32 Å². The van der Waals surface area contributed by atoms with Crippen molar-refractivity contribution in [2.75, 3.05) is 5.32 Å². The van der Waals surface area contributed by atoms with Crippen LogP contribution in [0, 0.1) is 19.7 Å². The summed E-state index contributed by atoms with van der Waals surface area (Å²) in [7, 11) is 0. The lowest BCUT2D eigenvalue weighted by Gasteiger charge is -2.05. The van der Waals surface area contributed by atoms with Crippen LogP contribution in [0.5, 0.6) is 0 Å². The molecule has 10 nitrogen and oxygen atoms in total. The van der Waals surface area contributed by atoms with Crippen molar-refractivity contribution in [3.05, 3.63) is 41.5 Å². The standard InChI is InChI=1S/C16H16FN7O3/c1-9-15(10(2)23(20-9)8-14(26)27)18-13(25)7-24-21-16(19-22-24)11-3-5-12(17)6-4-11/h3-6H,7-8H2,1-2H3,(H,18,25)(H,26,27). The Morgan fingerprint density at radius 3 is 2.52 bits per heavy atom. The Morgan fingerprint density at radius 2 is 1.85 bits per heavy atom. The smallest absolute Gasteiger partial charge is 0.325 e. The lowest BCUT2D eigenvalue weighted by Crippen LogP contribution is -2.21. The number of aromatic nitrogens is 6. The van der Waals surface area contributed by atoms with E-state index in [1.807, 2.05) is 0 Å². The molecule has 0 aliphatic carbocycles. The average molecular weight is 373 g/mol. The molecule has 11 heteroatoms. The molecule has 0 bridgehead atoms. The number of halogens is 1. The molecule has 3 rings (SSSR count). The van der Waals surface area contributed by atoms with Crippen LogP contribution in [0.3, 0.4) is 0 Å². The van der Waals surface area contributed by atoms with Crippen molar-refractivity contribution in [2.24, 2.45) is 0 Å². The molecule has 2 heterocycles.